The first-order valence-corrected chi connectivity index (χ1v) is 6.92. The SMILES string of the molecule is Cc1ccc(C(=O)Nc2cc(/C=C/C(=O)O)ccc2Cl)cc1. The Balaban J connectivity index is 2.21. The van der Waals surface area contributed by atoms with Gasteiger partial charge in [-0.15, -0.1) is 0 Å². The first-order valence-electron chi connectivity index (χ1n) is 6.54. The number of amides is 1. The van der Waals surface area contributed by atoms with Crippen LogP contribution in [-0.2, 0) is 4.79 Å². The molecule has 0 heterocycles. The molecular weight excluding hydrogens is 302 g/mol. The molecule has 2 aromatic carbocycles. The number of benzene rings is 2. The first-order chi connectivity index (χ1) is 10.5. The summed E-state index contributed by atoms with van der Waals surface area (Å²) in [7, 11) is 0. The van der Waals surface area contributed by atoms with Crippen molar-refractivity contribution in [3.63, 3.8) is 0 Å². The second-order valence-corrected chi connectivity index (χ2v) is 5.14. The minimum atomic E-state index is -1.04. The molecule has 0 aliphatic rings. The van der Waals surface area contributed by atoms with E-state index < -0.39 is 5.97 Å². The average molecular weight is 316 g/mol. The van der Waals surface area contributed by atoms with Gasteiger partial charge in [0.15, 0.2) is 0 Å². The van der Waals surface area contributed by atoms with E-state index in [0.717, 1.165) is 11.6 Å². The fourth-order valence-electron chi connectivity index (χ4n) is 1.81. The van der Waals surface area contributed by atoms with Crippen LogP contribution in [0.2, 0.25) is 5.02 Å². The molecule has 0 spiro atoms. The molecule has 0 aromatic heterocycles. The topological polar surface area (TPSA) is 66.4 Å². The van der Waals surface area contributed by atoms with Crippen LogP contribution >= 0.6 is 11.6 Å². The van der Waals surface area contributed by atoms with E-state index >= 15 is 0 Å². The molecule has 5 heteroatoms. The second-order valence-electron chi connectivity index (χ2n) is 4.73. The molecule has 0 fully saturated rings. The van der Waals surface area contributed by atoms with Gasteiger partial charge in [0.2, 0.25) is 0 Å². The van der Waals surface area contributed by atoms with Gasteiger partial charge < -0.3 is 10.4 Å². The molecule has 0 unspecified atom stereocenters. The van der Waals surface area contributed by atoms with Crippen molar-refractivity contribution in [3.05, 3.63) is 70.3 Å². The Morgan fingerprint density at radius 3 is 2.45 bits per heavy atom. The van der Waals surface area contributed by atoms with Crippen molar-refractivity contribution in [1.29, 1.82) is 0 Å². The van der Waals surface area contributed by atoms with Crippen molar-refractivity contribution < 1.29 is 14.7 Å². The summed E-state index contributed by atoms with van der Waals surface area (Å²) < 4.78 is 0. The van der Waals surface area contributed by atoms with Crippen LogP contribution in [0.15, 0.2) is 48.5 Å². The fraction of sp³-hybridized carbons (Fsp3) is 0.0588. The van der Waals surface area contributed by atoms with Gasteiger partial charge in [0, 0.05) is 11.6 Å². The third-order valence-electron chi connectivity index (χ3n) is 2.97. The van der Waals surface area contributed by atoms with Crippen molar-refractivity contribution in [2.45, 2.75) is 6.92 Å². The summed E-state index contributed by atoms with van der Waals surface area (Å²) >= 11 is 6.06. The average Bonchev–Trinajstić information content (AvgIpc) is 2.48. The van der Waals surface area contributed by atoms with Gasteiger partial charge >= 0.3 is 5.97 Å². The minimum absolute atomic E-state index is 0.277. The van der Waals surface area contributed by atoms with E-state index in [9.17, 15) is 9.59 Å². The molecule has 2 N–H and O–H groups in total. The Hall–Kier alpha value is -2.59. The smallest absolute Gasteiger partial charge is 0.328 e. The van der Waals surface area contributed by atoms with Crippen LogP contribution in [0.1, 0.15) is 21.5 Å². The molecular formula is C17H14ClNO3. The van der Waals surface area contributed by atoms with E-state index in [1.807, 2.05) is 19.1 Å². The Morgan fingerprint density at radius 2 is 1.82 bits per heavy atom. The molecule has 0 aliphatic carbocycles. The summed E-state index contributed by atoms with van der Waals surface area (Å²) in [5.41, 5.74) is 2.65. The summed E-state index contributed by atoms with van der Waals surface area (Å²) in [6.07, 6.45) is 2.45. The van der Waals surface area contributed by atoms with E-state index in [2.05, 4.69) is 5.32 Å². The zero-order chi connectivity index (χ0) is 16.1. The van der Waals surface area contributed by atoms with Crippen LogP contribution in [0.5, 0.6) is 0 Å². The molecule has 0 aliphatic heterocycles. The number of carbonyl (C=O) groups excluding carboxylic acids is 1. The van der Waals surface area contributed by atoms with Gasteiger partial charge in [-0.05, 0) is 42.8 Å². The molecule has 2 aromatic rings. The summed E-state index contributed by atoms with van der Waals surface area (Å²) in [4.78, 5) is 22.7. The zero-order valence-electron chi connectivity index (χ0n) is 11.8. The van der Waals surface area contributed by atoms with Gasteiger partial charge in [-0.1, -0.05) is 35.4 Å². The highest BCUT2D eigenvalue weighted by molar-refractivity contribution is 6.34. The van der Waals surface area contributed by atoms with Gasteiger partial charge in [0.05, 0.1) is 10.7 Å². The van der Waals surface area contributed by atoms with E-state index in [4.69, 9.17) is 16.7 Å². The molecule has 2 rings (SSSR count). The van der Waals surface area contributed by atoms with Gasteiger partial charge in [0.1, 0.15) is 0 Å². The van der Waals surface area contributed by atoms with Gasteiger partial charge in [-0.25, -0.2) is 4.79 Å². The summed E-state index contributed by atoms with van der Waals surface area (Å²) in [6, 6.07) is 12.1. The molecule has 22 heavy (non-hydrogen) atoms. The lowest BCUT2D eigenvalue weighted by Gasteiger charge is -2.08. The Labute approximate surface area is 133 Å². The number of carboxylic acids is 1. The maximum Gasteiger partial charge on any atom is 0.328 e. The Morgan fingerprint density at radius 1 is 1.14 bits per heavy atom. The Kier molecular flexibility index (Phi) is 4.96. The lowest BCUT2D eigenvalue weighted by atomic mass is 10.1. The predicted molar refractivity (Wildman–Crippen MR) is 87.3 cm³/mol. The third kappa shape index (κ3) is 4.20. The minimum Gasteiger partial charge on any atom is -0.478 e. The predicted octanol–water partition coefficient (Wildman–Crippen LogP) is 4.00. The standard InChI is InChI=1S/C17H14ClNO3/c1-11-2-6-13(7-3-11)17(22)19-15-10-12(4-8-14(15)18)5-9-16(20)21/h2-10H,1H3,(H,19,22)(H,20,21)/b9-5+. The molecule has 112 valence electrons. The number of hydrogen-bond acceptors (Lipinski definition) is 2. The highest BCUT2D eigenvalue weighted by atomic mass is 35.5. The Bertz CT molecular complexity index is 736. The fourth-order valence-corrected chi connectivity index (χ4v) is 1.97. The van der Waals surface area contributed by atoms with E-state index in [-0.39, 0.29) is 5.91 Å². The number of nitrogens with one attached hydrogen (secondary N) is 1. The maximum atomic E-state index is 12.2. The van der Waals surface area contributed by atoms with Gasteiger partial charge in [-0.3, -0.25) is 4.79 Å². The van der Waals surface area contributed by atoms with E-state index in [1.165, 1.54) is 6.08 Å². The van der Waals surface area contributed by atoms with Crippen LogP contribution in [0.3, 0.4) is 0 Å². The number of halogens is 1. The highest BCUT2D eigenvalue weighted by Gasteiger charge is 2.08. The van der Waals surface area contributed by atoms with E-state index in [0.29, 0.717) is 21.8 Å². The normalized spacial score (nSPS) is 10.6. The zero-order valence-corrected chi connectivity index (χ0v) is 12.6. The summed E-state index contributed by atoms with van der Waals surface area (Å²) in [5, 5.41) is 11.7. The number of aryl methyl sites for hydroxylation is 1. The largest absolute Gasteiger partial charge is 0.478 e. The molecule has 0 radical (unpaired) electrons. The number of anilines is 1. The van der Waals surface area contributed by atoms with E-state index in [1.54, 1.807) is 30.3 Å². The lowest BCUT2D eigenvalue weighted by molar-refractivity contribution is -0.131. The summed E-state index contributed by atoms with van der Waals surface area (Å²) in [6.45, 7) is 1.94. The lowest BCUT2D eigenvalue weighted by Crippen LogP contribution is -2.12. The number of carboxylic acid groups (broad SMARTS) is 1. The second kappa shape index (κ2) is 6.91. The third-order valence-corrected chi connectivity index (χ3v) is 3.30. The number of rotatable bonds is 4. The van der Waals surface area contributed by atoms with Crippen molar-refractivity contribution >= 4 is 35.2 Å². The molecule has 4 nitrogen and oxygen atoms in total. The van der Waals surface area contributed by atoms with Gasteiger partial charge in [-0.2, -0.15) is 0 Å². The monoisotopic (exact) mass is 315 g/mol. The van der Waals surface area contributed by atoms with Crippen molar-refractivity contribution in [1.82, 2.24) is 0 Å². The maximum absolute atomic E-state index is 12.2. The molecule has 1 amide bonds. The molecule has 0 bridgehead atoms. The van der Waals surface area contributed by atoms with Crippen LogP contribution in [-0.4, -0.2) is 17.0 Å². The van der Waals surface area contributed by atoms with Crippen molar-refractivity contribution in [3.8, 4) is 0 Å². The highest BCUT2D eigenvalue weighted by Crippen LogP contribution is 2.24. The molecule has 0 saturated carbocycles. The van der Waals surface area contributed by atoms with Gasteiger partial charge in [0.25, 0.3) is 5.91 Å². The van der Waals surface area contributed by atoms with Crippen LogP contribution in [0.25, 0.3) is 6.08 Å². The molecule has 0 saturated heterocycles. The number of carbonyl (C=O) groups is 2. The van der Waals surface area contributed by atoms with Crippen LogP contribution < -0.4 is 5.32 Å². The quantitative estimate of drug-likeness (QED) is 0.838. The summed E-state index contributed by atoms with van der Waals surface area (Å²) in [5.74, 6) is -1.32. The van der Waals surface area contributed by atoms with Crippen molar-refractivity contribution in [2.24, 2.45) is 0 Å². The van der Waals surface area contributed by atoms with Crippen LogP contribution in [0.4, 0.5) is 5.69 Å². The molecule has 0 atom stereocenters. The van der Waals surface area contributed by atoms with Crippen LogP contribution in [0, 0.1) is 6.92 Å². The first kappa shape index (κ1) is 15.8. The number of hydrogen-bond donors (Lipinski definition) is 2. The number of aliphatic carboxylic acids is 1. The van der Waals surface area contributed by atoms with Crippen molar-refractivity contribution in [2.75, 3.05) is 5.32 Å².